The van der Waals surface area contributed by atoms with Crippen molar-refractivity contribution in [1.29, 1.82) is 0 Å². The fourth-order valence-electron chi connectivity index (χ4n) is 3.45. The highest BCUT2D eigenvalue weighted by molar-refractivity contribution is 9.10. The van der Waals surface area contributed by atoms with Crippen LogP contribution in [-0.4, -0.2) is 23.0 Å². The molecule has 1 aliphatic rings. The van der Waals surface area contributed by atoms with Crippen LogP contribution in [0.4, 0.5) is 23.7 Å². The molecule has 0 unspecified atom stereocenters. The summed E-state index contributed by atoms with van der Waals surface area (Å²) < 4.78 is 39.7. The van der Waals surface area contributed by atoms with Crippen LogP contribution in [0.1, 0.15) is 37.5 Å². The molecule has 3 rings (SSSR count). The summed E-state index contributed by atoms with van der Waals surface area (Å²) in [4.78, 5) is 16.7. The topological polar surface area (TPSA) is 23.6 Å². The quantitative estimate of drug-likeness (QED) is 0.499. The maximum atomic E-state index is 13.3. The third-order valence-corrected chi connectivity index (χ3v) is 5.54. The van der Waals surface area contributed by atoms with Gasteiger partial charge in [0, 0.05) is 28.8 Å². The van der Waals surface area contributed by atoms with E-state index in [1.165, 1.54) is 17.7 Å². The van der Waals surface area contributed by atoms with Crippen molar-refractivity contribution in [3.63, 3.8) is 0 Å². The number of anilines is 1. The van der Waals surface area contributed by atoms with E-state index in [-0.39, 0.29) is 6.03 Å². The average Bonchev–Trinajstić information content (AvgIpc) is 2.60. The number of hydrogen-bond acceptors (Lipinski definition) is 1. The molecule has 3 nitrogen and oxygen atoms in total. The number of fused-ring (bicyclic) bond motifs is 1. The summed E-state index contributed by atoms with van der Waals surface area (Å²) in [7, 11) is 0. The number of amides is 2. The van der Waals surface area contributed by atoms with Gasteiger partial charge in [0.25, 0.3) is 0 Å². The first kappa shape index (κ1) is 20.7. The SMILES string of the molecule is CC(C)(C)N(C(=O)N1CCc2c(Br)cccc2C1)c1ccc(C(F)(F)F)cc1. The molecule has 2 aromatic carbocycles. The third kappa shape index (κ3) is 4.19. The summed E-state index contributed by atoms with van der Waals surface area (Å²) in [5.74, 6) is 0. The van der Waals surface area contributed by atoms with Crippen LogP contribution in [0, 0.1) is 0 Å². The molecule has 0 atom stereocenters. The smallest absolute Gasteiger partial charge is 0.320 e. The lowest BCUT2D eigenvalue weighted by Gasteiger charge is -2.41. The first-order valence-corrected chi connectivity index (χ1v) is 9.80. The minimum absolute atomic E-state index is 0.210. The number of nitrogens with zero attached hydrogens (tertiary/aromatic N) is 2. The lowest BCUT2D eigenvalue weighted by Crippen LogP contribution is -2.53. The van der Waals surface area contributed by atoms with E-state index in [2.05, 4.69) is 15.9 Å². The Morgan fingerprint density at radius 1 is 1.07 bits per heavy atom. The molecule has 0 saturated carbocycles. The van der Waals surface area contributed by atoms with Crippen molar-refractivity contribution < 1.29 is 18.0 Å². The maximum absolute atomic E-state index is 13.3. The number of carbonyl (C=O) groups excluding carboxylic acids is 1. The second kappa shape index (κ2) is 7.43. The Morgan fingerprint density at radius 2 is 1.71 bits per heavy atom. The van der Waals surface area contributed by atoms with Gasteiger partial charge in [0.15, 0.2) is 0 Å². The second-order valence-electron chi connectivity index (χ2n) is 7.88. The van der Waals surface area contributed by atoms with Gasteiger partial charge in [0.05, 0.1) is 5.56 Å². The van der Waals surface area contributed by atoms with E-state index in [9.17, 15) is 18.0 Å². The molecule has 2 amide bonds. The fraction of sp³-hybridized carbons (Fsp3) is 0.381. The molecule has 0 aromatic heterocycles. The van der Waals surface area contributed by atoms with Crippen LogP contribution in [0.15, 0.2) is 46.9 Å². The third-order valence-electron chi connectivity index (χ3n) is 4.79. The van der Waals surface area contributed by atoms with Crippen molar-refractivity contribution in [3.8, 4) is 0 Å². The van der Waals surface area contributed by atoms with Crippen molar-refractivity contribution in [1.82, 2.24) is 4.90 Å². The minimum Gasteiger partial charge on any atom is -0.320 e. The summed E-state index contributed by atoms with van der Waals surface area (Å²) in [6, 6.07) is 10.5. The molecule has 0 saturated heterocycles. The van der Waals surface area contributed by atoms with Gasteiger partial charge in [-0.05, 0) is 68.7 Å². The summed E-state index contributed by atoms with van der Waals surface area (Å²) >= 11 is 3.55. The summed E-state index contributed by atoms with van der Waals surface area (Å²) in [5.41, 5.74) is 1.41. The Bertz CT molecular complexity index is 873. The molecule has 150 valence electrons. The highest BCUT2D eigenvalue weighted by Crippen LogP contribution is 2.33. The normalized spacial score (nSPS) is 14.6. The fourth-order valence-corrected chi connectivity index (χ4v) is 4.06. The highest BCUT2D eigenvalue weighted by atomic mass is 79.9. The lowest BCUT2D eigenvalue weighted by molar-refractivity contribution is -0.137. The van der Waals surface area contributed by atoms with E-state index in [1.54, 1.807) is 9.80 Å². The van der Waals surface area contributed by atoms with Gasteiger partial charge in [0.2, 0.25) is 0 Å². The first-order chi connectivity index (χ1) is 13.0. The van der Waals surface area contributed by atoms with E-state index in [0.717, 1.165) is 28.6 Å². The van der Waals surface area contributed by atoms with E-state index in [4.69, 9.17) is 0 Å². The summed E-state index contributed by atoms with van der Waals surface area (Å²) in [5, 5.41) is 0. The van der Waals surface area contributed by atoms with E-state index in [1.807, 2.05) is 39.0 Å². The Kier molecular flexibility index (Phi) is 5.49. The van der Waals surface area contributed by atoms with Crippen LogP contribution < -0.4 is 4.90 Å². The second-order valence-corrected chi connectivity index (χ2v) is 8.74. The van der Waals surface area contributed by atoms with Crippen LogP contribution in [0.3, 0.4) is 0 Å². The molecule has 1 heterocycles. The van der Waals surface area contributed by atoms with Gasteiger partial charge in [-0.25, -0.2) is 4.79 Å². The lowest BCUT2D eigenvalue weighted by atomic mass is 9.99. The number of alkyl halides is 3. The van der Waals surface area contributed by atoms with Gasteiger partial charge in [0.1, 0.15) is 0 Å². The predicted octanol–water partition coefficient (Wildman–Crippen LogP) is 6.25. The Morgan fingerprint density at radius 3 is 2.29 bits per heavy atom. The predicted molar refractivity (Wildman–Crippen MR) is 107 cm³/mol. The van der Waals surface area contributed by atoms with E-state index < -0.39 is 17.3 Å². The summed E-state index contributed by atoms with van der Waals surface area (Å²) in [6.07, 6.45) is -3.67. The molecule has 0 spiro atoms. The molecule has 28 heavy (non-hydrogen) atoms. The number of carbonyl (C=O) groups is 1. The molecule has 1 aliphatic heterocycles. The van der Waals surface area contributed by atoms with E-state index in [0.29, 0.717) is 18.8 Å². The van der Waals surface area contributed by atoms with Gasteiger partial charge in [-0.3, -0.25) is 4.90 Å². The van der Waals surface area contributed by atoms with Crippen LogP contribution in [0.2, 0.25) is 0 Å². The van der Waals surface area contributed by atoms with Crippen molar-refractivity contribution in [2.75, 3.05) is 11.4 Å². The number of urea groups is 1. The van der Waals surface area contributed by atoms with Crippen molar-refractivity contribution in [2.45, 2.75) is 45.5 Å². The Hall–Kier alpha value is -2.02. The Labute approximate surface area is 171 Å². The van der Waals surface area contributed by atoms with Gasteiger partial charge < -0.3 is 4.90 Å². The molecule has 0 bridgehead atoms. The molecular weight excluding hydrogens is 433 g/mol. The Balaban J connectivity index is 1.90. The molecule has 0 fully saturated rings. The van der Waals surface area contributed by atoms with Crippen molar-refractivity contribution in [3.05, 3.63) is 63.6 Å². The first-order valence-electron chi connectivity index (χ1n) is 9.01. The number of rotatable bonds is 1. The number of hydrogen-bond donors (Lipinski definition) is 0. The molecule has 0 N–H and O–H groups in total. The monoisotopic (exact) mass is 454 g/mol. The summed E-state index contributed by atoms with van der Waals surface area (Å²) in [6.45, 7) is 6.65. The van der Waals surface area contributed by atoms with Crippen molar-refractivity contribution >= 4 is 27.6 Å². The molecule has 0 radical (unpaired) electrons. The highest BCUT2D eigenvalue weighted by Gasteiger charge is 2.35. The van der Waals surface area contributed by atoms with Gasteiger partial charge in [-0.1, -0.05) is 28.1 Å². The standard InChI is InChI=1S/C21H22BrF3N2O/c1-20(2,3)27(16-9-7-15(8-10-16)21(23,24)25)19(28)26-12-11-17-14(13-26)5-4-6-18(17)22/h4-10H,11-13H2,1-3H3. The molecule has 2 aromatic rings. The van der Waals surface area contributed by atoms with Crippen LogP contribution in [-0.2, 0) is 19.1 Å². The maximum Gasteiger partial charge on any atom is 0.416 e. The molecular formula is C21H22BrF3N2O. The zero-order valence-electron chi connectivity index (χ0n) is 16.0. The minimum atomic E-state index is -4.40. The van der Waals surface area contributed by atoms with E-state index >= 15 is 0 Å². The number of halogens is 4. The zero-order valence-corrected chi connectivity index (χ0v) is 17.6. The largest absolute Gasteiger partial charge is 0.416 e. The molecule has 7 heteroatoms. The molecule has 0 aliphatic carbocycles. The zero-order chi connectivity index (χ0) is 20.7. The van der Waals surface area contributed by atoms with Gasteiger partial charge >= 0.3 is 12.2 Å². The van der Waals surface area contributed by atoms with Gasteiger partial charge in [-0.15, -0.1) is 0 Å². The van der Waals surface area contributed by atoms with Gasteiger partial charge in [-0.2, -0.15) is 13.2 Å². The number of benzene rings is 2. The average molecular weight is 455 g/mol. The van der Waals surface area contributed by atoms with Crippen LogP contribution in [0.25, 0.3) is 0 Å². The van der Waals surface area contributed by atoms with Crippen LogP contribution in [0.5, 0.6) is 0 Å². The van der Waals surface area contributed by atoms with Crippen LogP contribution >= 0.6 is 15.9 Å². The van der Waals surface area contributed by atoms with Crippen molar-refractivity contribution in [2.24, 2.45) is 0 Å².